The molecular formula is C16H10N4O4. The van der Waals surface area contributed by atoms with Crippen LogP contribution < -0.4 is 0 Å². The second kappa shape index (κ2) is 4.72. The highest BCUT2D eigenvalue weighted by molar-refractivity contribution is 6.04. The van der Waals surface area contributed by atoms with Gasteiger partial charge in [-0.3, -0.25) is 20.2 Å². The van der Waals surface area contributed by atoms with Crippen LogP contribution in [0.3, 0.4) is 0 Å². The fraction of sp³-hybridized carbons (Fsp3) is 0.0625. The van der Waals surface area contributed by atoms with Gasteiger partial charge < -0.3 is 4.57 Å². The number of fused-ring (bicyclic) bond motifs is 4. The molecule has 0 saturated heterocycles. The first-order chi connectivity index (χ1) is 11.5. The van der Waals surface area contributed by atoms with Gasteiger partial charge in [0.1, 0.15) is 0 Å². The number of para-hydroxylation sites is 1. The maximum atomic E-state index is 11.3. The lowest BCUT2D eigenvalue weighted by atomic mass is 10.1. The minimum Gasteiger partial charge on any atom is -0.342 e. The highest BCUT2D eigenvalue weighted by atomic mass is 16.6. The molecule has 4 rings (SSSR count). The number of nitrogens with zero attached hydrogens (tertiary/aromatic N) is 4. The molecule has 0 atom stereocenters. The average molecular weight is 322 g/mol. The van der Waals surface area contributed by atoms with Crippen molar-refractivity contribution in [2.75, 3.05) is 0 Å². The number of pyridine rings is 1. The third-order valence-corrected chi connectivity index (χ3v) is 4.14. The maximum absolute atomic E-state index is 11.3. The Morgan fingerprint density at radius 3 is 2.50 bits per heavy atom. The van der Waals surface area contributed by atoms with Crippen LogP contribution in [0.25, 0.3) is 33.2 Å². The van der Waals surface area contributed by atoms with E-state index in [-0.39, 0.29) is 16.9 Å². The molecule has 0 saturated carbocycles. The van der Waals surface area contributed by atoms with Crippen molar-refractivity contribution in [2.24, 2.45) is 7.05 Å². The number of aryl methyl sites for hydroxylation is 1. The van der Waals surface area contributed by atoms with Gasteiger partial charge in [-0.1, -0.05) is 18.2 Å². The van der Waals surface area contributed by atoms with Gasteiger partial charge in [0.15, 0.2) is 5.52 Å². The highest BCUT2D eigenvalue weighted by Gasteiger charge is 2.27. The Morgan fingerprint density at radius 1 is 1.04 bits per heavy atom. The third-order valence-electron chi connectivity index (χ3n) is 4.14. The van der Waals surface area contributed by atoms with Gasteiger partial charge in [-0.05, 0) is 12.1 Å². The molecule has 8 heteroatoms. The lowest BCUT2D eigenvalue weighted by Gasteiger charge is -2.11. The van der Waals surface area contributed by atoms with E-state index in [9.17, 15) is 20.2 Å². The molecule has 2 aromatic carbocycles. The summed E-state index contributed by atoms with van der Waals surface area (Å²) in [5, 5.41) is 23.8. The van der Waals surface area contributed by atoms with Gasteiger partial charge in [0.2, 0.25) is 0 Å². The largest absolute Gasteiger partial charge is 0.342 e. The smallest absolute Gasteiger partial charge is 0.302 e. The molecule has 2 aliphatic heterocycles. The topological polar surface area (TPSA) is 104 Å². The van der Waals surface area contributed by atoms with Gasteiger partial charge in [-0.2, -0.15) is 0 Å². The molecule has 2 aromatic rings. The molecule has 0 fully saturated rings. The van der Waals surface area contributed by atoms with E-state index in [4.69, 9.17) is 0 Å². The molecule has 0 amide bonds. The Bertz CT molecular complexity index is 1130. The SMILES string of the molecule is Cn1c2c3cc([N+](=O)[O-])cc([N+](=O)[O-])c3nc-2cc2ccccc21. The van der Waals surface area contributed by atoms with E-state index in [2.05, 4.69) is 4.98 Å². The van der Waals surface area contributed by atoms with E-state index >= 15 is 0 Å². The molecule has 0 spiro atoms. The molecule has 24 heavy (non-hydrogen) atoms. The Balaban J connectivity index is 2.24. The molecule has 8 nitrogen and oxygen atoms in total. The Morgan fingerprint density at radius 2 is 1.79 bits per heavy atom. The summed E-state index contributed by atoms with van der Waals surface area (Å²) in [5.41, 5.74) is 1.58. The van der Waals surface area contributed by atoms with Crippen LogP contribution in [-0.4, -0.2) is 19.4 Å². The standard InChI is InChI=1S/C16H10N4O4/c1-18-13-5-3-2-4-9(13)6-12-16(18)11-7-10(19(21)22)8-14(20(23)24)15(11)17-12/h2-8H,1H3. The van der Waals surface area contributed by atoms with Gasteiger partial charge in [0.25, 0.3) is 5.69 Å². The monoisotopic (exact) mass is 322 g/mol. The zero-order chi connectivity index (χ0) is 17.0. The third kappa shape index (κ3) is 1.83. The van der Waals surface area contributed by atoms with Crippen molar-refractivity contribution >= 4 is 33.2 Å². The predicted octanol–water partition coefficient (Wildman–Crippen LogP) is 3.65. The van der Waals surface area contributed by atoms with Crippen LogP contribution in [0.15, 0.2) is 42.5 Å². The van der Waals surface area contributed by atoms with Crippen molar-refractivity contribution in [3.63, 3.8) is 0 Å². The molecule has 0 aliphatic carbocycles. The first-order valence-corrected chi connectivity index (χ1v) is 7.08. The molecule has 0 aromatic heterocycles. The number of aromatic nitrogens is 2. The van der Waals surface area contributed by atoms with Gasteiger partial charge in [0, 0.05) is 29.4 Å². The summed E-state index contributed by atoms with van der Waals surface area (Å²) in [6.07, 6.45) is 0. The number of non-ortho nitro benzene ring substituents is 2. The van der Waals surface area contributed by atoms with Gasteiger partial charge in [-0.25, -0.2) is 4.98 Å². The van der Waals surface area contributed by atoms with Gasteiger partial charge >= 0.3 is 5.69 Å². The van der Waals surface area contributed by atoms with Crippen LogP contribution >= 0.6 is 0 Å². The molecule has 118 valence electrons. The van der Waals surface area contributed by atoms with E-state index in [1.165, 1.54) is 6.07 Å². The summed E-state index contributed by atoms with van der Waals surface area (Å²) in [5.74, 6) is 0. The van der Waals surface area contributed by atoms with Crippen LogP contribution in [-0.2, 0) is 7.05 Å². The zero-order valence-corrected chi connectivity index (χ0v) is 12.5. The number of benzene rings is 2. The predicted molar refractivity (Wildman–Crippen MR) is 88.2 cm³/mol. The van der Waals surface area contributed by atoms with Crippen molar-refractivity contribution in [3.8, 4) is 11.4 Å². The van der Waals surface area contributed by atoms with Crippen LogP contribution in [0, 0.1) is 20.2 Å². The molecule has 0 unspecified atom stereocenters. The fourth-order valence-corrected chi connectivity index (χ4v) is 3.09. The summed E-state index contributed by atoms with van der Waals surface area (Å²) in [6, 6.07) is 11.7. The van der Waals surface area contributed by atoms with Crippen molar-refractivity contribution in [2.45, 2.75) is 0 Å². The van der Waals surface area contributed by atoms with E-state index in [0.717, 1.165) is 17.0 Å². The number of nitro benzene ring substituents is 2. The summed E-state index contributed by atoms with van der Waals surface area (Å²) in [4.78, 5) is 25.5. The minimum atomic E-state index is -0.638. The lowest BCUT2D eigenvalue weighted by Crippen LogP contribution is -1.98. The Labute approximate surface area is 134 Å². The Hall–Kier alpha value is -3.55. The summed E-state index contributed by atoms with van der Waals surface area (Å²) >= 11 is 0. The molecule has 0 bridgehead atoms. The maximum Gasteiger partial charge on any atom is 0.302 e. The minimum absolute atomic E-state index is 0.159. The van der Waals surface area contributed by atoms with E-state index in [1.54, 1.807) is 0 Å². The number of rotatable bonds is 2. The molecule has 2 aliphatic rings. The fourth-order valence-electron chi connectivity index (χ4n) is 3.09. The van der Waals surface area contributed by atoms with E-state index in [1.807, 2.05) is 41.9 Å². The number of hydrogen-bond acceptors (Lipinski definition) is 5. The van der Waals surface area contributed by atoms with E-state index < -0.39 is 9.85 Å². The highest BCUT2D eigenvalue weighted by Crippen LogP contribution is 2.39. The second-order valence-corrected chi connectivity index (χ2v) is 5.48. The lowest BCUT2D eigenvalue weighted by molar-refractivity contribution is -0.393. The van der Waals surface area contributed by atoms with Gasteiger partial charge in [0.05, 0.1) is 27.3 Å². The zero-order valence-electron chi connectivity index (χ0n) is 12.5. The van der Waals surface area contributed by atoms with Crippen LogP contribution in [0.2, 0.25) is 0 Å². The number of nitro groups is 2. The van der Waals surface area contributed by atoms with Crippen molar-refractivity contribution < 1.29 is 9.85 Å². The van der Waals surface area contributed by atoms with Crippen LogP contribution in [0.1, 0.15) is 0 Å². The summed E-state index contributed by atoms with van der Waals surface area (Å²) < 4.78 is 1.85. The molecule has 0 N–H and O–H groups in total. The second-order valence-electron chi connectivity index (χ2n) is 5.48. The quantitative estimate of drug-likeness (QED) is 0.414. The van der Waals surface area contributed by atoms with Crippen molar-refractivity contribution in [1.29, 1.82) is 0 Å². The van der Waals surface area contributed by atoms with Crippen molar-refractivity contribution in [1.82, 2.24) is 9.55 Å². The Kier molecular flexibility index (Phi) is 2.77. The van der Waals surface area contributed by atoms with Gasteiger partial charge in [-0.15, -0.1) is 0 Å². The van der Waals surface area contributed by atoms with E-state index in [0.29, 0.717) is 16.8 Å². The first kappa shape index (κ1) is 14.1. The molecule has 2 heterocycles. The number of hydrogen-bond donors (Lipinski definition) is 0. The van der Waals surface area contributed by atoms with Crippen LogP contribution in [0.5, 0.6) is 0 Å². The van der Waals surface area contributed by atoms with Crippen molar-refractivity contribution in [3.05, 3.63) is 62.7 Å². The van der Waals surface area contributed by atoms with Crippen LogP contribution in [0.4, 0.5) is 11.4 Å². The summed E-state index contributed by atoms with van der Waals surface area (Å²) in [6.45, 7) is 0. The average Bonchev–Trinajstić information content (AvgIpc) is 2.92. The first-order valence-electron chi connectivity index (χ1n) is 7.08. The normalized spacial score (nSPS) is 11.4. The molecule has 0 radical (unpaired) electrons. The summed E-state index contributed by atoms with van der Waals surface area (Å²) in [7, 11) is 1.82. The molecular weight excluding hydrogens is 312 g/mol.